The summed E-state index contributed by atoms with van der Waals surface area (Å²) in [6, 6.07) is 0. The van der Waals surface area contributed by atoms with Crippen LogP contribution in [0.5, 0.6) is 0 Å². The third-order valence-corrected chi connectivity index (χ3v) is 5.54. The number of morpholine rings is 1. The van der Waals surface area contributed by atoms with Crippen LogP contribution in [-0.2, 0) is 9.53 Å². The minimum atomic E-state index is -0.367. The van der Waals surface area contributed by atoms with E-state index in [1.807, 2.05) is 6.92 Å². The van der Waals surface area contributed by atoms with E-state index >= 15 is 0 Å². The monoisotopic (exact) mass is 397 g/mol. The van der Waals surface area contributed by atoms with Crippen LogP contribution in [0.2, 0.25) is 0 Å². The molecule has 0 radical (unpaired) electrons. The number of ether oxygens (including phenoxy) is 1. The van der Waals surface area contributed by atoms with Crippen molar-refractivity contribution in [3.8, 4) is 0 Å². The van der Waals surface area contributed by atoms with Crippen molar-refractivity contribution in [1.29, 1.82) is 0 Å². The second-order valence-corrected chi connectivity index (χ2v) is 8.50. The Balaban J connectivity index is 0.00000288. The van der Waals surface area contributed by atoms with Gasteiger partial charge in [-0.3, -0.25) is 9.69 Å². The first kappa shape index (κ1) is 24.9. The standard InChI is InChI=1S/C18H35N3O2.2ClH/c1-13-10-21(11-14(2)23-13)17(3,4)12-20-16(22)15-8-6-7-9-18(15,5)19;;/h13-15H,6-12,19H2,1-5H3,(H,20,22);2*1H. The summed E-state index contributed by atoms with van der Waals surface area (Å²) in [5.74, 6) is 0.0618. The van der Waals surface area contributed by atoms with E-state index in [1.165, 1.54) is 0 Å². The minimum Gasteiger partial charge on any atom is -0.373 e. The zero-order valence-corrected chi connectivity index (χ0v) is 18.0. The average molecular weight is 398 g/mol. The summed E-state index contributed by atoms with van der Waals surface area (Å²) in [5.41, 5.74) is 5.91. The highest BCUT2D eigenvalue weighted by molar-refractivity contribution is 5.85. The topological polar surface area (TPSA) is 67.6 Å². The van der Waals surface area contributed by atoms with Crippen molar-refractivity contribution in [2.24, 2.45) is 11.7 Å². The smallest absolute Gasteiger partial charge is 0.225 e. The number of nitrogens with zero attached hydrogens (tertiary/aromatic N) is 1. The van der Waals surface area contributed by atoms with Crippen LogP contribution >= 0.6 is 24.8 Å². The van der Waals surface area contributed by atoms with Crippen molar-refractivity contribution in [2.45, 2.75) is 83.6 Å². The van der Waals surface area contributed by atoms with Crippen LogP contribution in [0, 0.1) is 5.92 Å². The van der Waals surface area contributed by atoms with Crippen LogP contribution in [0.1, 0.15) is 60.3 Å². The van der Waals surface area contributed by atoms with Crippen LogP contribution in [-0.4, -0.2) is 53.7 Å². The molecule has 0 aromatic rings. The summed E-state index contributed by atoms with van der Waals surface area (Å²) in [4.78, 5) is 15.1. The van der Waals surface area contributed by atoms with Crippen molar-refractivity contribution in [2.75, 3.05) is 19.6 Å². The number of hydrogen-bond acceptors (Lipinski definition) is 4. The van der Waals surface area contributed by atoms with Crippen molar-refractivity contribution < 1.29 is 9.53 Å². The lowest BCUT2D eigenvalue weighted by Gasteiger charge is -2.45. The molecule has 1 aliphatic carbocycles. The first-order valence-corrected chi connectivity index (χ1v) is 9.09. The largest absolute Gasteiger partial charge is 0.373 e. The molecular formula is C18H37Cl2N3O2. The molecule has 0 aromatic heterocycles. The van der Waals surface area contributed by atoms with Gasteiger partial charge in [0.2, 0.25) is 5.91 Å². The lowest BCUT2D eigenvalue weighted by Crippen LogP contribution is -2.60. The Morgan fingerprint density at radius 1 is 1.24 bits per heavy atom. The molecule has 1 saturated carbocycles. The van der Waals surface area contributed by atoms with E-state index in [2.05, 4.69) is 37.9 Å². The van der Waals surface area contributed by atoms with Crippen LogP contribution in [0.15, 0.2) is 0 Å². The van der Waals surface area contributed by atoms with Gasteiger partial charge in [-0.05, 0) is 47.5 Å². The summed E-state index contributed by atoms with van der Waals surface area (Å²) in [7, 11) is 0. The van der Waals surface area contributed by atoms with Crippen molar-refractivity contribution in [3.63, 3.8) is 0 Å². The van der Waals surface area contributed by atoms with E-state index in [-0.39, 0.29) is 59.9 Å². The molecule has 4 atom stereocenters. The Labute approximate surface area is 165 Å². The van der Waals surface area contributed by atoms with E-state index in [1.54, 1.807) is 0 Å². The predicted molar refractivity (Wildman–Crippen MR) is 108 cm³/mol. The predicted octanol–water partition coefficient (Wildman–Crippen LogP) is 2.74. The van der Waals surface area contributed by atoms with Gasteiger partial charge in [0.05, 0.1) is 18.1 Å². The Bertz CT molecular complexity index is 423. The van der Waals surface area contributed by atoms with Gasteiger partial charge in [-0.15, -0.1) is 24.8 Å². The Kier molecular flexibility index (Phi) is 9.72. The summed E-state index contributed by atoms with van der Waals surface area (Å²) in [6.45, 7) is 13.1. The second kappa shape index (κ2) is 9.75. The molecule has 150 valence electrons. The lowest BCUT2D eigenvalue weighted by molar-refractivity contribution is -0.129. The molecule has 3 N–H and O–H groups in total. The molecule has 0 spiro atoms. The van der Waals surface area contributed by atoms with E-state index in [9.17, 15) is 4.79 Å². The van der Waals surface area contributed by atoms with Gasteiger partial charge in [0, 0.05) is 30.7 Å². The molecule has 7 heteroatoms. The van der Waals surface area contributed by atoms with Crippen molar-refractivity contribution in [1.82, 2.24) is 10.2 Å². The molecule has 1 aliphatic heterocycles. The molecule has 1 amide bonds. The van der Waals surface area contributed by atoms with Crippen molar-refractivity contribution >= 4 is 30.7 Å². The molecular weight excluding hydrogens is 361 g/mol. The number of rotatable bonds is 4. The number of carbonyl (C=O) groups is 1. The summed E-state index contributed by atoms with van der Waals surface area (Å²) >= 11 is 0. The third kappa shape index (κ3) is 6.55. The molecule has 0 bridgehead atoms. The van der Waals surface area contributed by atoms with E-state index in [0.29, 0.717) is 6.54 Å². The second-order valence-electron chi connectivity index (χ2n) is 8.50. The molecule has 4 unspecified atom stereocenters. The minimum absolute atomic E-state index is 0. The highest BCUT2D eigenvalue weighted by Crippen LogP contribution is 2.31. The molecule has 5 nitrogen and oxygen atoms in total. The number of nitrogens with one attached hydrogen (secondary N) is 1. The zero-order valence-electron chi connectivity index (χ0n) is 16.3. The van der Waals surface area contributed by atoms with Gasteiger partial charge in [-0.25, -0.2) is 0 Å². The first-order chi connectivity index (χ1) is 10.6. The quantitative estimate of drug-likeness (QED) is 0.764. The van der Waals surface area contributed by atoms with Gasteiger partial charge in [0.15, 0.2) is 0 Å². The fraction of sp³-hybridized carbons (Fsp3) is 0.944. The van der Waals surface area contributed by atoms with Gasteiger partial charge < -0.3 is 15.8 Å². The molecule has 2 fully saturated rings. The highest BCUT2D eigenvalue weighted by atomic mass is 35.5. The van der Waals surface area contributed by atoms with Gasteiger partial charge >= 0.3 is 0 Å². The number of nitrogens with two attached hydrogens (primary N) is 1. The van der Waals surface area contributed by atoms with Crippen LogP contribution < -0.4 is 11.1 Å². The summed E-state index contributed by atoms with van der Waals surface area (Å²) in [6.07, 6.45) is 4.55. The first-order valence-electron chi connectivity index (χ1n) is 9.09. The molecule has 2 aliphatic rings. The molecule has 1 saturated heterocycles. The van der Waals surface area contributed by atoms with Crippen LogP contribution in [0.4, 0.5) is 0 Å². The zero-order chi connectivity index (χ0) is 17.3. The molecule has 25 heavy (non-hydrogen) atoms. The number of hydrogen-bond donors (Lipinski definition) is 2. The SMILES string of the molecule is CC1CN(C(C)(C)CNC(=O)C2CCCCC2(C)N)CC(C)O1.Cl.Cl. The van der Waals surface area contributed by atoms with Gasteiger partial charge in [0.25, 0.3) is 0 Å². The Morgan fingerprint density at radius 3 is 2.32 bits per heavy atom. The molecule has 1 heterocycles. The van der Waals surface area contributed by atoms with Gasteiger partial charge in [-0.1, -0.05) is 12.8 Å². The molecule has 0 aromatic carbocycles. The van der Waals surface area contributed by atoms with E-state index < -0.39 is 0 Å². The van der Waals surface area contributed by atoms with Crippen LogP contribution in [0.25, 0.3) is 0 Å². The highest BCUT2D eigenvalue weighted by Gasteiger charge is 2.39. The molecule has 2 rings (SSSR count). The lowest BCUT2D eigenvalue weighted by atomic mass is 9.74. The maximum absolute atomic E-state index is 12.6. The summed E-state index contributed by atoms with van der Waals surface area (Å²) in [5, 5.41) is 3.17. The normalized spacial score (nSPS) is 33.8. The average Bonchev–Trinajstić information content (AvgIpc) is 2.43. The summed E-state index contributed by atoms with van der Waals surface area (Å²) < 4.78 is 5.81. The van der Waals surface area contributed by atoms with E-state index in [4.69, 9.17) is 10.5 Å². The number of carbonyl (C=O) groups excluding carboxylic acids is 1. The van der Waals surface area contributed by atoms with Crippen molar-refractivity contribution in [3.05, 3.63) is 0 Å². The fourth-order valence-electron chi connectivity index (χ4n) is 4.00. The number of halogens is 2. The van der Waals surface area contributed by atoms with Gasteiger partial charge in [-0.2, -0.15) is 0 Å². The maximum Gasteiger partial charge on any atom is 0.225 e. The van der Waals surface area contributed by atoms with Gasteiger partial charge in [0.1, 0.15) is 0 Å². The third-order valence-electron chi connectivity index (χ3n) is 5.54. The van der Waals surface area contributed by atoms with Crippen LogP contribution in [0.3, 0.4) is 0 Å². The maximum atomic E-state index is 12.6. The fourth-order valence-corrected chi connectivity index (χ4v) is 4.00. The van der Waals surface area contributed by atoms with E-state index in [0.717, 1.165) is 38.8 Å². The Hall–Kier alpha value is -0.0700. The number of amides is 1. The Morgan fingerprint density at radius 2 is 1.80 bits per heavy atom.